The lowest BCUT2D eigenvalue weighted by Gasteiger charge is -2.24. The van der Waals surface area contributed by atoms with E-state index in [1.54, 1.807) is 6.08 Å². The molecule has 0 aromatic rings. The molecule has 4 heteroatoms. The third-order valence-corrected chi connectivity index (χ3v) is 3.28. The first kappa shape index (κ1) is 15.2. The van der Waals surface area contributed by atoms with Crippen molar-refractivity contribution >= 4 is 5.91 Å². The standard InChI is InChI=1S/C14H27N3O/c1-3-5-10-17(11-13-7-6-9-15-13)12-14(18)16-8-4-2/h4,13,15H,2-3,5-12H2,1H3,(H,16,18). The molecule has 0 spiro atoms. The number of carbonyl (C=O) groups is 1. The topological polar surface area (TPSA) is 44.4 Å². The number of nitrogens with zero attached hydrogens (tertiary/aromatic N) is 1. The Morgan fingerprint density at radius 1 is 1.61 bits per heavy atom. The molecule has 1 unspecified atom stereocenters. The van der Waals surface area contributed by atoms with Crippen molar-refractivity contribution in [2.24, 2.45) is 0 Å². The van der Waals surface area contributed by atoms with Crippen LogP contribution in [-0.4, -0.2) is 49.6 Å². The van der Waals surface area contributed by atoms with Crippen LogP contribution in [0.4, 0.5) is 0 Å². The van der Waals surface area contributed by atoms with Crippen molar-refractivity contribution in [3.8, 4) is 0 Å². The van der Waals surface area contributed by atoms with Gasteiger partial charge in [0.2, 0.25) is 5.91 Å². The number of nitrogens with one attached hydrogen (secondary N) is 2. The Morgan fingerprint density at radius 2 is 2.44 bits per heavy atom. The number of amides is 1. The minimum Gasteiger partial charge on any atom is -0.352 e. The van der Waals surface area contributed by atoms with Crippen LogP contribution >= 0.6 is 0 Å². The largest absolute Gasteiger partial charge is 0.352 e. The Morgan fingerprint density at radius 3 is 3.06 bits per heavy atom. The molecule has 4 nitrogen and oxygen atoms in total. The van der Waals surface area contributed by atoms with Gasteiger partial charge >= 0.3 is 0 Å². The van der Waals surface area contributed by atoms with Crippen LogP contribution in [0.3, 0.4) is 0 Å². The first-order valence-corrected chi connectivity index (χ1v) is 7.09. The average Bonchev–Trinajstić information content (AvgIpc) is 2.86. The Labute approximate surface area is 111 Å². The molecule has 0 bridgehead atoms. The van der Waals surface area contributed by atoms with E-state index in [1.807, 2.05) is 0 Å². The number of rotatable bonds is 9. The second kappa shape index (κ2) is 9.11. The zero-order valence-electron chi connectivity index (χ0n) is 11.6. The van der Waals surface area contributed by atoms with E-state index in [-0.39, 0.29) is 5.91 Å². The van der Waals surface area contributed by atoms with Gasteiger partial charge in [0.15, 0.2) is 0 Å². The number of unbranched alkanes of at least 4 members (excludes halogenated alkanes) is 1. The summed E-state index contributed by atoms with van der Waals surface area (Å²) in [5.74, 6) is 0.101. The van der Waals surface area contributed by atoms with Crippen molar-refractivity contribution < 1.29 is 4.79 Å². The van der Waals surface area contributed by atoms with E-state index in [1.165, 1.54) is 19.3 Å². The van der Waals surface area contributed by atoms with Crippen LogP contribution in [0.5, 0.6) is 0 Å². The predicted molar refractivity (Wildman–Crippen MR) is 75.6 cm³/mol. The first-order chi connectivity index (χ1) is 8.76. The molecule has 1 heterocycles. The molecule has 1 aliphatic rings. The summed E-state index contributed by atoms with van der Waals surface area (Å²) in [6.07, 6.45) is 6.53. The van der Waals surface area contributed by atoms with Gasteiger partial charge in [-0.3, -0.25) is 9.69 Å². The molecule has 1 aliphatic heterocycles. The van der Waals surface area contributed by atoms with Gasteiger partial charge in [0.05, 0.1) is 6.54 Å². The molecule has 2 N–H and O–H groups in total. The molecule has 104 valence electrons. The predicted octanol–water partition coefficient (Wildman–Crippen LogP) is 1.14. The van der Waals surface area contributed by atoms with Crippen molar-refractivity contribution in [1.29, 1.82) is 0 Å². The first-order valence-electron chi connectivity index (χ1n) is 7.09. The Balaban J connectivity index is 2.33. The number of hydrogen-bond acceptors (Lipinski definition) is 3. The highest BCUT2D eigenvalue weighted by Crippen LogP contribution is 2.07. The van der Waals surface area contributed by atoms with E-state index in [9.17, 15) is 4.79 Å². The van der Waals surface area contributed by atoms with Crippen LogP contribution in [0.25, 0.3) is 0 Å². The SMILES string of the molecule is C=CCNC(=O)CN(CCCC)CC1CCCN1. The van der Waals surface area contributed by atoms with Crippen LogP contribution in [-0.2, 0) is 4.79 Å². The average molecular weight is 253 g/mol. The maximum atomic E-state index is 11.7. The highest BCUT2D eigenvalue weighted by atomic mass is 16.2. The van der Waals surface area contributed by atoms with Gasteiger partial charge in [-0.25, -0.2) is 0 Å². The van der Waals surface area contributed by atoms with Crippen molar-refractivity contribution in [2.45, 2.75) is 38.6 Å². The second-order valence-corrected chi connectivity index (χ2v) is 4.97. The van der Waals surface area contributed by atoms with E-state index in [0.717, 1.165) is 26.1 Å². The van der Waals surface area contributed by atoms with Crippen LogP contribution < -0.4 is 10.6 Å². The third kappa shape index (κ3) is 6.17. The maximum absolute atomic E-state index is 11.7. The summed E-state index contributed by atoms with van der Waals surface area (Å²) in [7, 11) is 0. The summed E-state index contributed by atoms with van der Waals surface area (Å²) in [6, 6.07) is 0.564. The molecule has 1 amide bonds. The molecule has 0 aromatic carbocycles. The fourth-order valence-corrected chi connectivity index (χ4v) is 2.29. The monoisotopic (exact) mass is 253 g/mol. The van der Waals surface area contributed by atoms with Crippen LogP contribution in [0.1, 0.15) is 32.6 Å². The summed E-state index contributed by atoms with van der Waals surface area (Å²) < 4.78 is 0. The third-order valence-electron chi connectivity index (χ3n) is 3.28. The normalized spacial score (nSPS) is 19.1. The molecule has 0 saturated carbocycles. The van der Waals surface area contributed by atoms with Crippen molar-refractivity contribution in [1.82, 2.24) is 15.5 Å². The highest BCUT2D eigenvalue weighted by Gasteiger charge is 2.19. The number of carbonyl (C=O) groups excluding carboxylic acids is 1. The lowest BCUT2D eigenvalue weighted by atomic mass is 10.2. The summed E-state index contributed by atoms with van der Waals surface area (Å²) in [5, 5.41) is 6.34. The fourth-order valence-electron chi connectivity index (χ4n) is 2.29. The fraction of sp³-hybridized carbons (Fsp3) is 0.786. The van der Waals surface area contributed by atoms with Gasteiger partial charge < -0.3 is 10.6 Å². The molecule has 0 radical (unpaired) electrons. The van der Waals surface area contributed by atoms with E-state index in [0.29, 0.717) is 19.1 Å². The van der Waals surface area contributed by atoms with E-state index < -0.39 is 0 Å². The zero-order valence-corrected chi connectivity index (χ0v) is 11.6. The zero-order chi connectivity index (χ0) is 13.2. The van der Waals surface area contributed by atoms with E-state index in [2.05, 4.69) is 29.0 Å². The van der Waals surface area contributed by atoms with Crippen LogP contribution in [0, 0.1) is 0 Å². The second-order valence-electron chi connectivity index (χ2n) is 4.97. The van der Waals surface area contributed by atoms with Crippen LogP contribution in [0.2, 0.25) is 0 Å². The molecule has 0 aromatic heterocycles. The Bertz CT molecular complexity index is 249. The molecule has 1 atom stereocenters. The summed E-state index contributed by atoms with van der Waals surface area (Å²) in [5.41, 5.74) is 0. The van der Waals surface area contributed by atoms with E-state index in [4.69, 9.17) is 0 Å². The maximum Gasteiger partial charge on any atom is 0.234 e. The minimum atomic E-state index is 0.101. The van der Waals surface area contributed by atoms with Gasteiger partial charge in [0.1, 0.15) is 0 Å². The smallest absolute Gasteiger partial charge is 0.234 e. The minimum absolute atomic E-state index is 0.101. The Hall–Kier alpha value is -0.870. The van der Waals surface area contributed by atoms with Crippen molar-refractivity contribution in [3.05, 3.63) is 12.7 Å². The molecule has 1 saturated heterocycles. The molecular weight excluding hydrogens is 226 g/mol. The quantitative estimate of drug-likeness (QED) is 0.606. The molecule has 1 rings (SSSR count). The summed E-state index contributed by atoms with van der Waals surface area (Å²) in [6.45, 7) is 9.97. The molecular formula is C14H27N3O. The molecule has 1 fully saturated rings. The number of hydrogen-bond donors (Lipinski definition) is 2. The summed E-state index contributed by atoms with van der Waals surface area (Å²) >= 11 is 0. The van der Waals surface area contributed by atoms with Gasteiger partial charge in [-0.2, -0.15) is 0 Å². The van der Waals surface area contributed by atoms with Crippen molar-refractivity contribution in [3.63, 3.8) is 0 Å². The summed E-state index contributed by atoms with van der Waals surface area (Å²) in [4.78, 5) is 14.0. The van der Waals surface area contributed by atoms with Gasteiger partial charge in [0, 0.05) is 19.1 Å². The van der Waals surface area contributed by atoms with Gasteiger partial charge in [-0.05, 0) is 32.4 Å². The lowest BCUT2D eigenvalue weighted by Crippen LogP contribution is -2.43. The van der Waals surface area contributed by atoms with Gasteiger partial charge in [0.25, 0.3) is 0 Å². The highest BCUT2D eigenvalue weighted by molar-refractivity contribution is 5.78. The van der Waals surface area contributed by atoms with Gasteiger partial charge in [-0.1, -0.05) is 19.4 Å². The lowest BCUT2D eigenvalue weighted by molar-refractivity contribution is -0.122. The Kier molecular flexibility index (Phi) is 7.69. The van der Waals surface area contributed by atoms with Crippen LogP contribution in [0.15, 0.2) is 12.7 Å². The van der Waals surface area contributed by atoms with Gasteiger partial charge in [-0.15, -0.1) is 6.58 Å². The molecule has 0 aliphatic carbocycles. The molecule has 18 heavy (non-hydrogen) atoms. The van der Waals surface area contributed by atoms with Crippen molar-refractivity contribution in [2.75, 3.05) is 32.7 Å². The van der Waals surface area contributed by atoms with E-state index >= 15 is 0 Å².